The van der Waals surface area contributed by atoms with Crippen LogP contribution in [-0.2, 0) is 32.7 Å². The number of rotatable bonds is 32. The van der Waals surface area contributed by atoms with Crippen LogP contribution in [-0.4, -0.2) is 98.3 Å². The first-order valence-electron chi connectivity index (χ1n) is 20.4. The Morgan fingerprint density at radius 3 is 1.56 bits per heavy atom. The van der Waals surface area contributed by atoms with Gasteiger partial charge in [-0.3, -0.25) is 18.6 Å². The predicted octanol–water partition coefficient (Wildman–Crippen LogP) is 6.83. The molecule has 0 spiro atoms. The van der Waals surface area contributed by atoms with Gasteiger partial charge in [0, 0.05) is 12.8 Å². The number of ether oxygens (including phenoxy) is 2. The van der Waals surface area contributed by atoms with Crippen molar-refractivity contribution >= 4 is 19.8 Å². The molecular formula is C41H71O13P. The van der Waals surface area contributed by atoms with Gasteiger partial charge in [0.05, 0.1) is 6.61 Å². The average Bonchev–Trinajstić information content (AvgIpc) is 3.16. The molecule has 0 aromatic heterocycles. The van der Waals surface area contributed by atoms with Gasteiger partial charge in [0.1, 0.15) is 43.2 Å². The summed E-state index contributed by atoms with van der Waals surface area (Å²) in [7, 11) is -5.12. The summed E-state index contributed by atoms with van der Waals surface area (Å²) in [6.45, 7) is 3.14. The quantitative estimate of drug-likeness (QED) is 0.0179. The van der Waals surface area contributed by atoms with Crippen LogP contribution in [0.5, 0.6) is 0 Å². The fourth-order valence-electron chi connectivity index (χ4n) is 5.81. The van der Waals surface area contributed by atoms with Gasteiger partial charge in [-0.2, -0.15) is 0 Å². The molecule has 0 radical (unpaired) electrons. The summed E-state index contributed by atoms with van der Waals surface area (Å²) in [5, 5.41) is 49.9. The van der Waals surface area contributed by atoms with Crippen molar-refractivity contribution in [2.75, 3.05) is 13.2 Å². The monoisotopic (exact) mass is 802 g/mol. The van der Waals surface area contributed by atoms with Crippen LogP contribution in [0.1, 0.15) is 142 Å². The molecule has 14 heteroatoms. The van der Waals surface area contributed by atoms with Crippen molar-refractivity contribution in [2.24, 2.45) is 0 Å². The second-order valence-corrected chi connectivity index (χ2v) is 15.5. The van der Waals surface area contributed by atoms with E-state index >= 15 is 0 Å². The first-order valence-corrected chi connectivity index (χ1v) is 21.9. The Kier molecular flexibility index (Phi) is 29.4. The van der Waals surface area contributed by atoms with Crippen LogP contribution in [0.4, 0.5) is 0 Å². The van der Waals surface area contributed by atoms with Crippen LogP contribution in [0, 0.1) is 0 Å². The highest BCUT2D eigenvalue weighted by Gasteiger charge is 2.51. The number of aliphatic hydroxyl groups excluding tert-OH is 5. The molecule has 0 amide bonds. The molecule has 0 saturated heterocycles. The molecule has 0 heterocycles. The van der Waals surface area contributed by atoms with Crippen molar-refractivity contribution in [3.8, 4) is 0 Å². The Bertz CT molecular complexity index is 1160. The standard InChI is InChI=1S/C41H71O13P/c1-3-5-7-9-11-13-14-15-16-17-18-19-20-22-23-25-27-29-34(42)51-31-33(53-35(43)30-28-26-24-21-12-10-8-6-4-2)32-52-55(49,50)54-41-39(47)37(45)36(44)38(46)40(41)48/h7,9,13-14,16-17,19-20,33,36-41,44-48H,3-6,8,10-12,15,18,21-32H2,1-2H3,(H,49,50)/b9-7+,14-13+,17-16+,20-19+/t33-,36?,37-,38?,39?,40?,41?/m0/s1. The fraction of sp³-hybridized carbons (Fsp3) is 0.756. The number of hydrogen-bond donors (Lipinski definition) is 6. The highest BCUT2D eigenvalue weighted by Crippen LogP contribution is 2.47. The molecule has 0 aromatic rings. The maximum Gasteiger partial charge on any atom is 0.472 e. The molecule has 0 bridgehead atoms. The molecule has 6 unspecified atom stereocenters. The Balaban J connectivity index is 2.51. The van der Waals surface area contributed by atoms with Crippen molar-refractivity contribution in [3.05, 3.63) is 48.6 Å². The first kappa shape index (κ1) is 50.8. The highest BCUT2D eigenvalue weighted by molar-refractivity contribution is 7.47. The van der Waals surface area contributed by atoms with E-state index in [-0.39, 0.29) is 12.8 Å². The molecule has 1 aliphatic rings. The van der Waals surface area contributed by atoms with Gasteiger partial charge in [-0.1, -0.05) is 127 Å². The van der Waals surface area contributed by atoms with Crippen LogP contribution in [0.3, 0.4) is 0 Å². The lowest BCUT2D eigenvalue weighted by Gasteiger charge is -2.41. The number of carbonyl (C=O) groups excluding carboxylic acids is 2. The molecule has 6 N–H and O–H groups in total. The van der Waals surface area contributed by atoms with E-state index < -0.39 is 75.7 Å². The summed E-state index contributed by atoms with van der Waals surface area (Å²) in [6.07, 6.45) is 21.9. The number of allylic oxidation sites excluding steroid dienone is 8. The van der Waals surface area contributed by atoms with Gasteiger partial charge < -0.3 is 39.9 Å². The van der Waals surface area contributed by atoms with Gasteiger partial charge in [0.25, 0.3) is 0 Å². The van der Waals surface area contributed by atoms with E-state index in [1.54, 1.807) is 0 Å². The summed E-state index contributed by atoms with van der Waals surface area (Å²) >= 11 is 0. The lowest BCUT2D eigenvalue weighted by atomic mass is 9.85. The van der Waals surface area contributed by atoms with Crippen LogP contribution in [0.25, 0.3) is 0 Å². The van der Waals surface area contributed by atoms with Crippen LogP contribution in [0.2, 0.25) is 0 Å². The van der Waals surface area contributed by atoms with Crippen molar-refractivity contribution < 1.29 is 63.1 Å². The smallest absolute Gasteiger partial charge is 0.462 e. The van der Waals surface area contributed by atoms with Crippen molar-refractivity contribution in [1.82, 2.24) is 0 Å². The first-order chi connectivity index (χ1) is 26.4. The lowest BCUT2D eigenvalue weighted by Crippen LogP contribution is -2.64. The highest BCUT2D eigenvalue weighted by atomic mass is 31.2. The summed E-state index contributed by atoms with van der Waals surface area (Å²) in [4.78, 5) is 35.4. The van der Waals surface area contributed by atoms with Gasteiger partial charge in [0.2, 0.25) is 0 Å². The SMILES string of the molecule is CCC/C=C/C/C=C/C/C=C/C/C=C/CCCCCC(=O)OC[C@@H](COP(=O)(O)OC1C(O)C(O)C(O)[C@H](O)C1O)OC(=O)CCCCCCCCCCC. The second-order valence-electron chi connectivity index (χ2n) is 14.1. The molecule has 0 aromatic carbocycles. The van der Waals surface area contributed by atoms with E-state index in [9.17, 15) is 44.6 Å². The molecule has 1 aliphatic carbocycles. The zero-order valence-corrected chi connectivity index (χ0v) is 34.1. The number of aliphatic hydroxyl groups is 5. The van der Waals surface area contributed by atoms with Crippen LogP contribution in [0.15, 0.2) is 48.6 Å². The minimum Gasteiger partial charge on any atom is -0.462 e. The van der Waals surface area contributed by atoms with Gasteiger partial charge in [0.15, 0.2) is 6.10 Å². The maximum absolute atomic E-state index is 12.7. The van der Waals surface area contributed by atoms with Crippen LogP contribution < -0.4 is 0 Å². The van der Waals surface area contributed by atoms with E-state index in [4.69, 9.17) is 18.5 Å². The number of phosphoric ester groups is 1. The fourth-order valence-corrected chi connectivity index (χ4v) is 6.78. The number of carbonyl (C=O) groups is 2. The zero-order valence-electron chi connectivity index (χ0n) is 33.2. The maximum atomic E-state index is 12.7. The Morgan fingerprint density at radius 1 is 0.564 bits per heavy atom. The molecule has 0 aliphatic heterocycles. The second kappa shape index (κ2) is 31.8. The van der Waals surface area contributed by atoms with E-state index in [1.165, 1.54) is 32.1 Å². The van der Waals surface area contributed by atoms with E-state index in [2.05, 4.69) is 62.5 Å². The number of esters is 2. The van der Waals surface area contributed by atoms with Crippen molar-refractivity contribution in [1.29, 1.82) is 0 Å². The summed E-state index contributed by atoms with van der Waals surface area (Å²) < 4.78 is 33.3. The molecule has 1 rings (SSSR count). The van der Waals surface area contributed by atoms with Gasteiger partial charge in [-0.15, -0.1) is 0 Å². The van der Waals surface area contributed by atoms with E-state index in [1.807, 2.05) is 0 Å². The normalized spacial score (nSPS) is 23.6. The van der Waals surface area contributed by atoms with Crippen LogP contribution >= 0.6 is 7.82 Å². The molecule has 13 nitrogen and oxygen atoms in total. The largest absolute Gasteiger partial charge is 0.472 e. The van der Waals surface area contributed by atoms with Gasteiger partial charge in [-0.25, -0.2) is 4.57 Å². The molecule has 318 valence electrons. The summed E-state index contributed by atoms with van der Waals surface area (Å²) in [5.74, 6) is -1.14. The number of unbranched alkanes of at least 4 members (excludes halogenated alkanes) is 12. The lowest BCUT2D eigenvalue weighted by molar-refractivity contribution is -0.220. The predicted molar refractivity (Wildman–Crippen MR) is 212 cm³/mol. The zero-order chi connectivity index (χ0) is 40.7. The third-order valence-electron chi connectivity index (χ3n) is 9.15. The molecule has 55 heavy (non-hydrogen) atoms. The average molecular weight is 803 g/mol. The van der Waals surface area contributed by atoms with E-state index in [0.29, 0.717) is 12.8 Å². The van der Waals surface area contributed by atoms with Crippen molar-refractivity contribution in [2.45, 2.75) is 185 Å². The Hall–Kier alpha value is -2.19. The molecular weight excluding hydrogens is 731 g/mol. The summed E-state index contributed by atoms with van der Waals surface area (Å²) in [5.41, 5.74) is 0. The summed E-state index contributed by atoms with van der Waals surface area (Å²) in [6, 6.07) is 0. The Labute approximate surface area is 329 Å². The topological polar surface area (TPSA) is 210 Å². The number of phosphoric acid groups is 1. The molecule has 1 saturated carbocycles. The Morgan fingerprint density at radius 2 is 1.02 bits per heavy atom. The molecule has 8 atom stereocenters. The minimum atomic E-state index is -5.12. The number of hydrogen-bond acceptors (Lipinski definition) is 12. The van der Waals surface area contributed by atoms with E-state index in [0.717, 1.165) is 70.6 Å². The van der Waals surface area contributed by atoms with Gasteiger partial charge >= 0.3 is 19.8 Å². The van der Waals surface area contributed by atoms with Gasteiger partial charge in [-0.05, 0) is 51.4 Å². The molecule has 1 fully saturated rings. The third-order valence-corrected chi connectivity index (χ3v) is 10.1. The third kappa shape index (κ3) is 24.9. The minimum absolute atomic E-state index is 0.0888. The van der Waals surface area contributed by atoms with Crippen molar-refractivity contribution in [3.63, 3.8) is 0 Å².